The van der Waals surface area contributed by atoms with Gasteiger partial charge in [-0.2, -0.15) is 0 Å². The fraction of sp³-hybridized carbons (Fsp3) is 0.154. The second-order valence-corrected chi connectivity index (χ2v) is 7.08. The predicted molar refractivity (Wildman–Crippen MR) is 129 cm³/mol. The molecule has 1 aromatic heterocycles. The molecule has 0 spiro atoms. The van der Waals surface area contributed by atoms with E-state index in [0.717, 1.165) is 5.56 Å². The molecule has 1 heterocycles. The highest BCUT2D eigenvalue weighted by Crippen LogP contribution is 2.32. The summed E-state index contributed by atoms with van der Waals surface area (Å²) in [6, 6.07) is 18.2. The lowest BCUT2D eigenvalue weighted by molar-refractivity contribution is 0.354. The Morgan fingerprint density at radius 1 is 0.758 bits per heavy atom. The second-order valence-electron chi connectivity index (χ2n) is 7.08. The lowest BCUT2D eigenvalue weighted by Gasteiger charge is -2.14. The molecule has 0 amide bonds. The van der Waals surface area contributed by atoms with Crippen molar-refractivity contribution in [2.24, 2.45) is 0 Å². The molecule has 0 atom stereocenters. The third kappa shape index (κ3) is 4.13. The number of aromatic nitrogens is 2. The summed E-state index contributed by atoms with van der Waals surface area (Å²) in [5.74, 6) is 2.75. The molecular weight excluding hydrogens is 420 g/mol. The lowest BCUT2D eigenvalue weighted by Crippen LogP contribution is -2.22. The summed E-state index contributed by atoms with van der Waals surface area (Å²) in [5, 5.41) is 0.517. The van der Waals surface area contributed by atoms with Crippen molar-refractivity contribution in [3.8, 4) is 28.7 Å². The minimum atomic E-state index is -0.190. The quantitative estimate of drug-likeness (QED) is 0.415. The SMILES string of the molecule is COc1ccc(-n2c(/C=C/c3cccc(OC)c3OC)nc3ccccc3c2=O)cc1OC. The van der Waals surface area contributed by atoms with Gasteiger partial charge in [0.25, 0.3) is 5.56 Å². The van der Waals surface area contributed by atoms with Crippen LogP contribution in [0.25, 0.3) is 28.7 Å². The van der Waals surface area contributed by atoms with Crippen molar-refractivity contribution in [1.82, 2.24) is 9.55 Å². The number of para-hydroxylation sites is 2. The maximum Gasteiger partial charge on any atom is 0.266 e. The summed E-state index contributed by atoms with van der Waals surface area (Å²) in [4.78, 5) is 18.3. The van der Waals surface area contributed by atoms with Gasteiger partial charge in [0.2, 0.25) is 0 Å². The average Bonchev–Trinajstić information content (AvgIpc) is 2.86. The van der Waals surface area contributed by atoms with E-state index < -0.39 is 0 Å². The third-order valence-corrected chi connectivity index (χ3v) is 5.27. The average molecular weight is 444 g/mol. The second kappa shape index (κ2) is 9.48. The molecule has 0 aliphatic rings. The molecule has 0 fully saturated rings. The van der Waals surface area contributed by atoms with Gasteiger partial charge in [-0.25, -0.2) is 4.98 Å². The van der Waals surface area contributed by atoms with Crippen LogP contribution in [0, 0.1) is 0 Å². The summed E-state index contributed by atoms with van der Waals surface area (Å²) >= 11 is 0. The van der Waals surface area contributed by atoms with Gasteiger partial charge in [-0.1, -0.05) is 24.3 Å². The highest BCUT2D eigenvalue weighted by atomic mass is 16.5. The number of hydrogen-bond donors (Lipinski definition) is 0. The van der Waals surface area contributed by atoms with E-state index in [1.165, 1.54) is 0 Å². The first kappa shape index (κ1) is 22.0. The fourth-order valence-corrected chi connectivity index (χ4v) is 3.68. The van der Waals surface area contributed by atoms with Gasteiger partial charge in [-0.15, -0.1) is 0 Å². The molecule has 0 radical (unpaired) electrons. The largest absolute Gasteiger partial charge is 0.493 e. The Labute approximate surface area is 191 Å². The van der Waals surface area contributed by atoms with E-state index in [0.29, 0.717) is 45.4 Å². The minimum Gasteiger partial charge on any atom is -0.493 e. The first-order valence-corrected chi connectivity index (χ1v) is 10.2. The van der Waals surface area contributed by atoms with Crippen molar-refractivity contribution < 1.29 is 18.9 Å². The zero-order chi connectivity index (χ0) is 23.4. The summed E-state index contributed by atoms with van der Waals surface area (Å²) < 4.78 is 23.2. The number of benzene rings is 3. The smallest absolute Gasteiger partial charge is 0.266 e. The Kier molecular flexibility index (Phi) is 6.31. The van der Waals surface area contributed by atoms with Crippen LogP contribution in [0.4, 0.5) is 0 Å². The topological polar surface area (TPSA) is 71.8 Å². The van der Waals surface area contributed by atoms with Crippen LogP contribution in [-0.2, 0) is 0 Å². The van der Waals surface area contributed by atoms with Crippen LogP contribution in [0.5, 0.6) is 23.0 Å². The summed E-state index contributed by atoms with van der Waals surface area (Å²) in [7, 11) is 6.30. The number of hydrogen-bond acceptors (Lipinski definition) is 6. The van der Waals surface area contributed by atoms with Crippen molar-refractivity contribution in [3.63, 3.8) is 0 Å². The van der Waals surface area contributed by atoms with Gasteiger partial charge in [0.05, 0.1) is 45.0 Å². The molecule has 0 aliphatic heterocycles. The first-order valence-electron chi connectivity index (χ1n) is 10.2. The molecule has 7 nitrogen and oxygen atoms in total. The molecule has 3 aromatic carbocycles. The first-order chi connectivity index (χ1) is 16.1. The maximum atomic E-state index is 13.5. The van der Waals surface area contributed by atoms with Crippen LogP contribution in [-0.4, -0.2) is 38.0 Å². The molecule has 0 saturated carbocycles. The van der Waals surface area contributed by atoms with Crippen molar-refractivity contribution in [2.75, 3.05) is 28.4 Å². The zero-order valence-electron chi connectivity index (χ0n) is 18.9. The zero-order valence-corrected chi connectivity index (χ0v) is 18.9. The van der Waals surface area contributed by atoms with Crippen LogP contribution in [0.1, 0.15) is 11.4 Å². The number of ether oxygens (including phenoxy) is 4. The summed E-state index contributed by atoms with van der Waals surface area (Å²) in [5.41, 5.74) is 1.81. The monoisotopic (exact) mass is 444 g/mol. The van der Waals surface area contributed by atoms with Gasteiger partial charge in [-0.3, -0.25) is 9.36 Å². The molecular formula is C26H24N2O5. The van der Waals surface area contributed by atoms with Gasteiger partial charge >= 0.3 is 0 Å². The molecule has 4 rings (SSSR count). The molecule has 0 saturated heterocycles. The van der Waals surface area contributed by atoms with Gasteiger partial charge < -0.3 is 18.9 Å². The Balaban J connectivity index is 1.94. The Bertz CT molecular complexity index is 1390. The van der Waals surface area contributed by atoms with Crippen molar-refractivity contribution in [3.05, 3.63) is 82.4 Å². The maximum absolute atomic E-state index is 13.5. The molecule has 4 aromatic rings. The van der Waals surface area contributed by atoms with Gasteiger partial charge in [0.15, 0.2) is 23.0 Å². The number of rotatable bonds is 7. The minimum absolute atomic E-state index is 0.190. The Hall–Kier alpha value is -4.26. The molecule has 0 bridgehead atoms. The highest BCUT2D eigenvalue weighted by molar-refractivity contribution is 5.81. The number of fused-ring (bicyclic) bond motifs is 1. The fourth-order valence-electron chi connectivity index (χ4n) is 3.68. The molecule has 0 N–H and O–H groups in total. The van der Waals surface area contributed by atoms with E-state index in [2.05, 4.69) is 0 Å². The van der Waals surface area contributed by atoms with E-state index in [4.69, 9.17) is 23.9 Å². The molecule has 168 valence electrons. The van der Waals surface area contributed by atoms with Gasteiger partial charge in [-0.05, 0) is 42.5 Å². The Morgan fingerprint density at radius 3 is 2.24 bits per heavy atom. The van der Waals surface area contributed by atoms with Gasteiger partial charge in [0.1, 0.15) is 5.82 Å². The van der Waals surface area contributed by atoms with Crippen LogP contribution in [0.2, 0.25) is 0 Å². The highest BCUT2D eigenvalue weighted by Gasteiger charge is 2.14. The number of nitrogens with zero attached hydrogens (tertiary/aromatic N) is 2. The van der Waals surface area contributed by atoms with Crippen molar-refractivity contribution in [1.29, 1.82) is 0 Å². The van der Waals surface area contributed by atoms with E-state index >= 15 is 0 Å². The van der Waals surface area contributed by atoms with E-state index in [1.54, 1.807) is 63.3 Å². The molecule has 33 heavy (non-hydrogen) atoms. The number of methoxy groups -OCH3 is 4. The van der Waals surface area contributed by atoms with E-state index in [-0.39, 0.29) is 5.56 Å². The van der Waals surface area contributed by atoms with Crippen LogP contribution >= 0.6 is 0 Å². The van der Waals surface area contributed by atoms with Crippen molar-refractivity contribution >= 4 is 23.1 Å². The Morgan fingerprint density at radius 2 is 1.52 bits per heavy atom. The van der Waals surface area contributed by atoms with Crippen LogP contribution < -0.4 is 24.5 Å². The van der Waals surface area contributed by atoms with Crippen LogP contribution in [0.3, 0.4) is 0 Å². The molecule has 0 unspecified atom stereocenters. The third-order valence-electron chi connectivity index (χ3n) is 5.27. The lowest BCUT2D eigenvalue weighted by atomic mass is 10.1. The van der Waals surface area contributed by atoms with E-state index in [1.807, 2.05) is 42.5 Å². The predicted octanol–water partition coefficient (Wildman–Crippen LogP) is 4.59. The summed E-state index contributed by atoms with van der Waals surface area (Å²) in [6.45, 7) is 0. The van der Waals surface area contributed by atoms with E-state index in [9.17, 15) is 4.79 Å². The van der Waals surface area contributed by atoms with Crippen LogP contribution in [0.15, 0.2) is 65.5 Å². The molecule has 0 aliphatic carbocycles. The standard InChI is InChI=1S/C26H24N2O5/c1-30-21-14-13-18(16-23(21)32-3)28-24(27-20-10-6-5-9-19(20)26(28)29)15-12-17-8-7-11-22(31-2)25(17)33-4/h5-16H,1-4H3/b15-12+. The molecule has 7 heteroatoms. The summed E-state index contributed by atoms with van der Waals surface area (Å²) in [6.07, 6.45) is 3.62. The normalized spacial score (nSPS) is 11.0. The van der Waals surface area contributed by atoms with Gasteiger partial charge in [0, 0.05) is 11.6 Å². The van der Waals surface area contributed by atoms with Crippen molar-refractivity contribution in [2.45, 2.75) is 0 Å².